The Morgan fingerprint density at radius 1 is 1.42 bits per heavy atom. The van der Waals surface area contributed by atoms with Crippen LogP contribution in [0.5, 0.6) is 0 Å². The van der Waals surface area contributed by atoms with Gasteiger partial charge < -0.3 is 0 Å². The van der Waals surface area contributed by atoms with E-state index in [1.165, 1.54) is 12.4 Å². The number of ketones is 1. The molecule has 0 unspecified atom stereocenters. The summed E-state index contributed by atoms with van der Waals surface area (Å²) < 4.78 is 0. The number of nitrogens with zero attached hydrogens (tertiary/aromatic N) is 2. The molecular weight excluding hydrogens is 152 g/mol. The first-order valence-electron chi connectivity index (χ1n) is 3.66. The average Bonchev–Trinajstić information content (AvgIpc) is 2.05. The zero-order valence-electron chi connectivity index (χ0n) is 7.11. The molecule has 0 amide bonds. The van der Waals surface area contributed by atoms with Gasteiger partial charge in [0.15, 0.2) is 5.78 Å². The van der Waals surface area contributed by atoms with Crippen LogP contribution in [0.2, 0.25) is 0 Å². The number of aromatic nitrogens is 2. The van der Waals surface area contributed by atoms with E-state index in [2.05, 4.69) is 10.2 Å². The molecule has 0 radical (unpaired) electrons. The van der Waals surface area contributed by atoms with Crippen LogP contribution in [0.1, 0.15) is 24.2 Å². The summed E-state index contributed by atoms with van der Waals surface area (Å²) in [6.07, 6.45) is 4.55. The minimum atomic E-state index is -0.0232. The molecule has 1 heterocycles. The van der Waals surface area contributed by atoms with Crippen LogP contribution in [0.3, 0.4) is 0 Å². The lowest BCUT2D eigenvalue weighted by Gasteiger charge is -1.92. The van der Waals surface area contributed by atoms with Crippen molar-refractivity contribution in [2.45, 2.75) is 13.8 Å². The molecular formula is C9H10N2O. The summed E-state index contributed by atoms with van der Waals surface area (Å²) in [5.41, 5.74) is 1.56. The van der Waals surface area contributed by atoms with Crippen molar-refractivity contribution in [3.05, 3.63) is 35.7 Å². The fraction of sp³-hybridized carbons (Fsp3) is 0.222. The first-order valence-corrected chi connectivity index (χ1v) is 3.66. The zero-order valence-corrected chi connectivity index (χ0v) is 7.11. The smallest absolute Gasteiger partial charge is 0.187 e. The summed E-state index contributed by atoms with van der Waals surface area (Å²) in [6.45, 7) is 3.76. The van der Waals surface area contributed by atoms with Crippen LogP contribution in [-0.2, 0) is 0 Å². The Morgan fingerprint density at radius 2 is 2.17 bits per heavy atom. The highest BCUT2D eigenvalue weighted by molar-refractivity contribution is 6.04. The topological polar surface area (TPSA) is 42.9 Å². The highest BCUT2D eigenvalue weighted by atomic mass is 16.1. The normalized spacial score (nSPS) is 9.17. The number of rotatable bonds is 2. The summed E-state index contributed by atoms with van der Waals surface area (Å²) in [5.74, 6) is -0.0232. The second-order valence-electron chi connectivity index (χ2n) is 2.72. The SMILES string of the molecule is CC(C)=CC(=O)c1ccnnc1. The van der Waals surface area contributed by atoms with Gasteiger partial charge in [-0.25, -0.2) is 0 Å². The van der Waals surface area contributed by atoms with E-state index in [0.29, 0.717) is 5.56 Å². The minimum absolute atomic E-state index is 0.0232. The van der Waals surface area contributed by atoms with Gasteiger partial charge in [-0.15, -0.1) is 0 Å². The molecule has 12 heavy (non-hydrogen) atoms. The fourth-order valence-corrected chi connectivity index (χ4v) is 0.782. The van der Waals surface area contributed by atoms with Gasteiger partial charge in [0.05, 0.1) is 12.4 Å². The standard InChI is InChI=1S/C9H10N2O/c1-7(2)5-9(12)8-3-4-10-11-6-8/h3-6H,1-2H3. The Balaban J connectivity index is 2.87. The molecule has 0 bridgehead atoms. The summed E-state index contributed by atoms with van der Waals surface area (Å²) in [5, 5.41) is 7.20. The summed E-state index contributed by atoms with van der Waals surface area (Å²) in [7, 11) is 0. The van der Waals surface area contributed by atoms with Gasteiger partial charge in [-0.05, 0) is 26.0 Å². The van der Waals surface area contributed by atoms with Crippen LogP contribution in [0.4, 0.5) is 0 Å². The van der Waals surface area contributed by atoms with Crippen LogP contribution >= 0.6 is 0 Å². The molecule has 0 aromatic carbocycles. The van der Waals surface area contributed by atoms with Gasteiger partial charge in [0.25, 0.3) is 0 Å². The molecule has 0 saturated carbocycles. The molecule has 3 nitrogen and oxygen atoms in total. The van der Waals surface area contributed by atoms with Crippen LogP contribution < -0.4 is 0 Å². The van der Waals surface area contributed by atoms with Gasteiger partial charge in [0.2, 0.25) is 0 Å². The van der Waals surface area contributed by atoms with Crippen LogP contribution in [0, 0.1) is 0 Å². The number of carbonyl (C=O) groups is 1. The van der Waals surface area contributed by atoms with Crippen molar-refractivity contribution in [2.75, 3.05) is 0 Å². The molecule has 0 N–H and O–H groups in total. The molecule has 0 saturated heterocycles. The molecule has 0 aliphatic rings. The number of carbonyl (C=O) groups excluding carboxylic acids is 1. The maximum Gasteiger partial charge on any atom is 0.187 e. The maximum atomic E-state index is 11.3. The Bertz CT molecular complexity index is 300. The van der Waals surface area contributed by atoms with Gasteiger partial charge >= 0.3 is 0 Å². The van der Waals surface area contributed by atoms with Crippen molar-refractivity contribution >= 4 is 5.78 Å². The van der Waals surface area contributed by atoms with Crippen LogP contribution in [-0.4, -0.2) is 16.0 Å². The van der Waals surface area contributed by atoms with E-state index in [1.807, 2.05) is 13.8 Å². The summed E-state index contributed by atoms with van der Waals surface area (Å²) >= 11 is 0. The zero-order chi connectivity index (χ0) is 8.97. The highest BCUT2D eigenvalue weighted by Gasteiger charge is 2.00. The molecule has 3 heteroatoms. The third kappa shape index (κ3) is 2.27. The van der Waals surface area contributed by atoms with E-state index < -0.39 is 0 Å². The second kappa shape index (κ2) is 3.76. The van der Waals surface area contributed by atoms with Crippen LogP contribution in [0.15, 0.2) is 30.1 Å². The predicted octanol–water partition coefficient (Wildman–Crippen LogP) is 1.63. The van der Waals surface area contributed by atoms with Gasteiger partial charge in [-0.1, -0.05) is 5.57 Å². The van der Waals surface area contributed by atoms with E-state index in [9.17, 15) is 4.79 Å². The lowest BCUT2D eigenvalue weighted by Crippen LogP contribution is -1.96. The largest absolute Gasteiger partial charge is 0.289 e. The summed E-state index contributed by atoms with van der Waals surface area (Å²) in [6, 6.07) is 1.65. The lowest BCUT2D eigenvalue weighted by atomic mass is 10.1. The molecule has 0 aliphatic carbocycles. The molecule has 0 fully saturated rings. The number of hydrogen-bond donors (Lipinski definition) is 0. The summed E-state index contributed by atoms with van der Waals surface area (Å²) in [4.78, 5) is 11.3. The molecule has 1 rings (SSSR count). The highest BCUT2D eigenvalue weighted by Crippen LogP contribution is 1.99. The molecule has 62 valence electrons. The van der Waals surface area contributed by atoms with Crippen molar-refractivity contribution < 1.29 is 4.79 Å². The van der Waals surface area contributed by atoms with Gasteiger partial charge in [-0.3, -0.25) is 4.79 Å². The third-order valence-electron chi connectivity index (χ3n) is 1.29. The van der Waals surface area contributed by atoms with Crippen molar-refractivity contribution in [1.29, 1.82) is 0 Å². The van der Waals surface area contributed by atoms with Crippen molar-refractivity contribution in [1.82, 2.24) is 10.2 Å². The Morgan fingerprint density at radius 3 is 2.67 bits per heavy atom. The van der Waals surface area contributed by atoms with E-state index in [4.69, 9.17) is 0 Å². The van der Waals surface area contributed by atoms with E-state index >= 15 is 0 Å². The quantitative estimate of drug-likeness (QED) is 0.490. The second-order valence-corrected chi connectivity index (χ2v) is 2.72. The van der Waals surface area contributed by atoms with Crippen molar-refractivity contribution in [3.8, 4) is 0 Å². The fourth-order valence-electron chi connectivity index (χ4n) is 0.782. The van der Waals surface area contributed by atoms with E-state index in [-0.39, 0.29) is 5.78 Å². The molecule has 1 aromatic rings. The van der Waals surface area contributed by atoms with Gasteiger partial charge in [0, 0.05) is 5.56 Å². The molecule has 1 aromatic heterocycles. The monoisotopic (exact) mass is 162 g/mol. The predicted molar refractivity (Wildman–Crippen MR) is 45.8 cm³/mol. The minimum Gasteiger partial charge on any atom is -0.289 e. The number of hydrogen-bond acceptors (Lipinski definition) is 3. The number of allylic oxidation sites excluding steroid dienone is 2. The first-order chi connectivity index (χ1) is 5.70. The van der Waals surface area contributed by atoms with Crippen molar-refractivity contribution in [3.63, 3.8) is 0 Å². The average molecular weight is 162 g/mol. The van der Waals surface area contributed by atoms with E-state index in [0.717, 1.165) is 5.57 Å². The lowest BCUT2D eigenvalue weighted by molar-refractivity contribution is 0.104. The Labute approximate surface area is 71.1 Å². The molecule has 0 aliphatic heterocycles. The van der Waals surface area contributed by atoms with E-state index in [1.54, 1.807) is 12.1 Å². The first kappa shape index (κ1) is 8.59. The van der Waals surface area contributed by atoms with Gasteiger partial charge in [-0.2, -0.15) is 10.2 Å². The maximum absolute atomic E-state index is 11.3. The third-order valence-corrected chi connectivity index (χ3v) is 1.29. The van der Waals surface area contributed by atoms with Gasteiger partial charge in [0.1, 0.15) is 0 Å². The molecule has 0 atom stereocenters. The Kier molecular flexibility index (Phi) is 2.69. The Hall–Kier alpha value is -1.51. The van der Waals surface area contributed by atoms with Crippen LogP contribution in [0.25, 0.3) is 0 Å². The van der Waals surface area contributed by atoms with Crippen molar-refractivity contribution in [2.24, 2.45) is 0 Å². The molecule has 0 spiro atoms.